The molecule has 1 rings (SSSR count). The lowest BCUT2D eigenvalue weighted by Gasteiger charge is -2.26. The molecule has 0 bridgehead atoms. The highest BCUT2D eigenvalue weighted by Crippen LogP contribution is 2.03. The molecule has 1 heterocycles. The van der Waals surface area contributed by atoms with E-state index in [1.54, 1.807) is 12.3 Å². The number of amides is 1. The lowest BCUT2D eigenvalue weighted by atomic mass is 10.1. The Morgan fingerprint density at radius 2 is 2.23 bits per heavy atom. The first-order valence-corrected chi connectivity index (χ1v) is 7.61. The molecular formula is C16H28N2O4. The first kappa shape index (κ1) is 18.7. The van der Waals surface area contributed by atoms with Crippen molar-refractivity contribution in [2.24, 2.45) is 0 Å². The standard InChI is InChI=1S/C16H28N2O4/c1-5-18(10-15(20)17-16(2,3)4)9-13(19)11-21-12-14-7-6-8-22-14/h6-8,13,19H,5,9-12H2,1-4H3,(H,17,20)/t13-/m1/s1. The minimum absolute atomic E-state index is 0.0435. The van der Waals surface area contributed by atoms with Crippen molar-refractivity contribution in [1.29, 1.82) is 0 Å². The zero-order chi connectivity index (χ0) is 16.6. The molecule has 0 saturated heterocycles. The van der Waals surface area contributed by atoms with Gasteiger partial charge in [-0.3, -0.25) is 9.69 Å². The predicted octanol–water partition coefficient (Wildman–Crippen LogP) is 1.39. The fourth-order valence-electron chi connectivity index (χ4n) is 2.01. The van der Waals surface area contributed by atoms with E-state index in [1.807, 2.05) is 38.7 Å². The first-order chi connectivity index (χ1) is 10.3. The normalized spacial score (nSPS) is 13.4. The van der Waals surface area contributed by atoms with Crippen LogP contribution in [0.4, 0.5) is 0 Å². The summed E-state index contributed by atoms with van der Waals surface area (Å²) < 4.78 is 10.5. The summed E-state index contributed by atoms with van der Waals surface area (Å²) in [6.45, 7) is 9.68. The average Bonchev–Trinajstić information content (AvgIpc) is 2.88. The molecule has 0 unspecified atom stereocenters. The molecule has 6 nitrogen and oxygen atoms in total. The van der Waals surface area contributed by atoms with E-state index in [2.05, 4.69) is 5.32 Å². The van der Waals surface area contributed by atoms with E-state index in [0.29, 0.717) is 19.7 Å². The molecule has 0 fully saturated rings. The Morgan fingerprint density at radius 1 is 1.50 bits per heavy atom. The van der Waals surface area contributed by atoms with Crippen LogP contribution in [0.5, 0.6) is 0 Å². The van der Waals surface area contributed by atoms with Gasteiger partial charge < -0.3 is 19.6 Å². The van der Waals surface area contributed by atoms with Crippen LogP contribution in [0, 0.1) is 0 Å². The van der Waals surface area contributed by atoms with Gasteiger partial charge in [-0.25, -0.2) is 0 Å². The van der Waals surface area contributed by atoms with Gasteiger partial charge in [0.2, 0.25) is 5.91 Å². The molecular weight excluding hydrogens is 284 g/mol. The minimum Gasteiger partial charge on any atom is -0.467 e. The van der Waals surface area contributed by atoms with Crippen molar-refractivity contribution >= 4 is 5.91 Å². The lowest BCUT2D eigenvalue weighted by molar-refractivity contribution is -0.124. The Bertz CT molecular complexity index is 426. The smallest absolute Gasteiger partial charge is 0.234 e. The minimum atomic E-state index is -0.641. The number of nitrogens with zero attached hydrogens (tertiary/aromatic N) is 1. The molecule has 0 aliphatic heterocycles. The van der Waals surface area contributed by atoms with E-state index in [-0.39, 0.29) is 24.6 Å². The van der Waals surface area contributed by atoms with Crippen LogP contribution >= 0.6 is 0 Å². The van der Waals surface area contributed by atoms with E-state index in [9.17, 15) is 9.90 Å². The number of carbonyl (C=O) groups is 1. The van der Waals surface area contributed by atoms with Crippen molar-refractivity contribution in [1.82, 2.24) is 10.2 Å². The Morgan fingerprint density at radius 3 is 2.77 bits per heavy atom. The van der Waals surface area contributed by atoms with Gasteiger partial charge in [0.15, 0.2) is 0 Å². The van der Waals surface area contributed by atoms with Crippen LogP contribution in [0.1, 0.15) is 33.5 Å². The molecule has 22 heavy (non-hydrogen) atoms. The van der Waals surface area contributed by atoms with Crippen LogP contribution < -0.4 is 5.32 Å². The summed E-state index contributed by atoms with van der Waals surface area (Å²) in [5, 5.41) is 12.9. The topological polar surface area (TPSA) is 74.9 Å². The third kappa shape index (κ3) is 8.17. The number of nitrogens with one attached hydrogen (secondary N) is 1. The number of likely N-dealkylation sites (N-methyl/N-ethyl adjacent to an activating group) is 1. The van der Waals surface area contributed by atoms with E-state index in [0.717, 1.165) is 5.76 Å². The third-order valence-corrected chi connectivity index (χ3v) is 2.93. The highest BCUT2D eigenvalue weighted by Gasteiger charge is 2.18. The molecule has 1 atom stereocenters. The summed E-state index contributed by atoms with van der Waals surface area (Å²) >= 11 is 0. The number of carbonyl (C=O) groups excluding carboxylic acids is 1. The van der Waals surface area contributed by atoms with Gasteiger partial charge >= 0.3 is 0 Å². The number of aliphatic hydroxyl groups is 1. The largest absolute Gasteiger partial charge is 0.467 e. The molecule has 6 heteroatoms. The first-order valence-electron chi connectivity index (χ1n) is 7.61. The van der Waals surface area contributed by atoms with Crippen LogP contribution in [0.15, 0.2) is 22.8 Å². The van der Waals surface area contributed by atoms with E-state index in [4.69, 9.17) is 9.15 Å². The number of rotatable bonds is 9. The molecule has 1 amide bonds. The van der Waals surface area contributed by atoms with Gasteiger partial charge in [0.25, 0.3) is 0 Å². The van der Waals surface area contributed by atoms with Crippen molar-refractivity contribution in [3.05, 3.63) is 24.2 Å². The van der Waals surface area contributed by atoms with Gasteiger partial charge in [-0.2, -0.15) is 0 Å². The second-order valence-corrected chi connectivity index (χ2v) is 6.37. The van der Waals surface area contributed by atoms with Gasteiger partial charge in [-0.05, 0) is 39.4 Å². The maximum absolute atomic E-state index is 11.9. The molecule has 126 valence electrons. The zero-order valence-corrected chi connectivity index (χ0v) is 14.0. The lowest BCUT2D eigenvalue weighted by Crippen LogP contribution is -2.47. The van der Waals surface area contributed by atoms with Crippen molar-refractivity contribution in [3.8, 4) is 0 Å². The summed E-state index contributed by atoms with van der Waals surface area (Å²) in [6, 6.07) is 3.61. The van der Waals surface area contributed by atoms with Crippen LogP contribution in [-0.4, -0.2) is 53.8 Å². The Balaban J connectivity index is 2.27. The number of aliphatic hydroxyl groups excluding tert-OH is 1. The van der Waals surface area contributed by atoms with Crippen molar-refractivity contribution in [2.45, 2.75) is 45.9 Å². The summed E-state index contributed by atoms with van der Waals surface area (Å²) in [4.78, 5) is 13.8. The van der Waals surface area contributed by atoms with Gasteiger partial charge in [0.05, 0.1) is 25.5 Å². The van der Waals surface area contributed by atoms with Crippen LogP contribution in [-0.2, 0) is 16.1 Å². The third-order valence-electron chi connectivity index (χ3n) is 2.93. The second-order valence-electron chi connectivity index (χ2n) is 6.37. The molecule has 1 aromatic rings. The number of hydrogen-bond acceptors (Lipinski definition) is 5. The fraction of sp³-hybridized carbons (Fsp3) is 0.688. The monoisotopic (exact) mass is 312 g/mol. The summed E-state index contributed by atoms with van der Waals surface area (Å²) in [7, 11) is 0. The van der Waals surface area contributed by atoms with Gasteiger partial charge in [-0.1, -0.05) is 6.92 Å². The van der Waals surface area contributed by atoms with E-state index >= 15 is 0 Å². The molecule has 0 spiro atoms. The van der Waals surface area contributed by atoms with Crippen molar-refractivity contribution in [2.75, 3.05) is 26.2 Å². The maximum Gasteiger partial charge on any atom is 0.234 e. The Labute approximate surface area is 132 Å². The van der Waals surface area contributed by atoms with Gasteiger partial charge in [0, 0.05) is 12.1 Å². The van der Waals surface area contributed by atoms with E-state index < -0.39 is 6.10 Å². The van der Waals surface area contributed by atoms with Crippen LogP contribution in [0.2, 0.25) is 0 Å². The Kier molecular flexibility index (Phi) is 7.58. The highest BCUT2D eigenvalue weighted by atomic mass is 16.5. The predicted molar refractivity (Wildman–Crippen MR) is 84.4 cm³/mol. The number of hydrogen-bond donors (Lipinski definition) is 2. The summed E-state index contributed by atoms with van der Waals surface area (Å²) in [5.74, 6) is 0.683. The molecule has 0 radical (unpaired) electrons. The van der Waals surface area contributed by atoms with Gasteiger partial charge in [-0.15, -0.1) is 0 Å². The van der Waals surface area contributed by atoms with Crippen molar-refractivity contribution in [3.63, 3.8) is 0 Å². The summed E-state index contributed by atoms with van der Waals surface area (Å²) in [5.41, 5.74) is -0.249. The number of ether oxygens (including phenoxy) is 1. The SMILES string of the molecule is CCN(CC(=O)NC(C)(C)C)C[C@@H](O)COCc1ccco1. The molecule has 1 aromatic heterocycles. The fourth-order valence-corrected chi connectivity index (χ4v) is 2.01. The zero-order valence-electron chi connectivity index (χ0n) is 14.0. The average molecular weight is 312 g/mol. The van der Waals surface area contributed by atoms with Crippen LogP contribution in [0.3, 0.4) is 0 Å². The number of furan rings is 1. The molecule has 0 aromatic carbocycles. The highest BCUT2D eigenvalue weighted by molar-refractivity contribution is 5.78. The summed E-state index contributed by atoms with van der Waals surface area (Å²) in [6.07, 6.45) is 0.944. The quantitative estimate of drug-likeness (QED) is 0.721. The van der Waals surface area contributed by atoms with Crippen molar-refractivity contribution < 1.29 is 19.1 Å². The molecule has 0 saturated carbocycles. The maximum atomic E-state index is 11.9. The molecule has 0 aliphatic carbocycles. The molecule has 2 N–H and O–H groups in total. The van der Waals surface area contributed by atoms with Gasteiger partial charge in [0.1, 0.15) is 12.4 Å². The second kappa shape index (κ2) is 8.92. The van der Waals surface area contributed by atoms with Crippen LogP contribution in [0.25, 0.3) is 0 Å². The Hall–Kier alpha value is -1.37. The van der Waals surface area contributed by atoms with E-state index in [1.165, 1.54) is 0 Å². The molecule has 0 aliphatic rings.